The zero-order valence-electron chi connectivity index (χ0n) is 6.67. The van der Waals surface area contributed by atoms with Gasteiger partial charge in [0, 0.05) is 3.57 Å². The summed E-state index contributed by atoms with van der Waals surface area (Å²) in [6, 6.07) is 5.77. The third kappa shape index (κ3) is 2.48. The van der Waals surface area contributed by atoms with Crippen LogP contribution in [-0.4, -0.2) is 11.1 Å². The van der Waals surface area contributed by atoms with E-state index in [-0.39, 0.29) is 6.42 Å². The molecule has 0 aromatic heterocycles. The van der Waals surface area contributed by atoms with Crippen LogP contribution >= 0.6 is 22.6 Å². The number of carbonyl (C=O) groups is 1. The fourth-order valence-electron chi connectivity index (χ4n) is 1.02. The minimum atomic E-state index is -0.778. The molecule has 0 amide bonds. The molecular formula is C9H9IO2. The third-order valence-corrected chi connectivity index (χ3v) is 2.32. The Morgan fingerprint density at radius 3 is 2.75 bits per heavy atom. The lowest BCUT2D eigenvalue weighted by molar-refractivity contribution is -0.136. The Morgan fingerprint density at radius 2 is 2.25 bits per heavy atom. The Morgan fingerprint density at radius 1 is 1.58 bits per heavy atom. The molecule has 0 fully saturated rings. The second-order valence-corrected chi connectivity index (χ2v) is 3.89. The molecule has 0 radical (unpaired) electrons. The zero-order valence-corrected chi connectivity index (χ0v) is 8.83. The van der Waals surface area contributed by atoms with Gasteiger partial charge in [0.05, 0.1) is 6.42 Å². The molecule has 0 aliphatic heterocycles. The highest BCUT2D eigenvalue weighted by Crippen LogP contribution is 2.13. The van der Waals surface area contributed by atoms with E-state index in [4.69, 9.17) is 5.11 Å². The van der Waals surface area contributed by atoms with Gasteiger partial charge in [-0.1, -0.05) is 6.07 Å². The Labute approximate surface area is 84.7 Å². The molecule has 0 bridgehead atoms. The summed E-state index contributed by atoms with van der Waals surface area (Å²) in [5, 5.41) is 8.56. The summed E-state index contributed by atoms with van der Waals surface area (Å²) in [7, 11) is 0. The van der Waals surface area contributed by atoms with E-state index in [0.717, 1.165) is 14.7 Å². The first-order valence-electron chi connectivity index (χ1n) is 3.56. The van der Waals surface area contributed by atoms with E-state index >= 15 is 0 Å². The number of benzene rings is 1. The van der Waals surface area contributed by atoms with Gasteiger partial charge in [-0.05, 0) is 52.8 Å². The van der Waals surface area contributed by atoms with Crippen LogP contribution in [0.2, 0.25) is 0 Å². The maximum atomic E-state index is 10.4. The summed E-state index contributed by atoms with van der Waals surface area (Å²) in [4.78, 5) is 10.4. The van der Waals surface area contributed by atoms with E-state index in [0.29, 0.717) is 0 Å². The van der Waals surface area contributed by atoms with E-state index in [1.54, 1.807) is 0 Å². The van der Waals surface area contributed by atoms with Gasteiger partial charge in [0.1, 0.15) is 0 Å². The van der Waals surface area contributed by atoms with Crippen LogP contribution in [0.5, 0.6) is 0 Å². The van der Waals surface area contributed by atoms with Crippen LogP contribution in [0.1, 0.15) is 11.1 Å². The van der Waals surface area contributed by atoms with Gasteiger partial charge in [-0.2, -0.15) is 0 Å². The van der Waals surface area contributed by atoms with Gasteiger partial charge in [-0.25, -0.2) is 0 Å². The first-order chi connectivity index (χ1) is 5.59. The van der Waals surface area contributed by atoms with Crippen LogP contribution in [0.4, 0.5) is 0 Å². The van der Waals surface area contributed by atoms with Crippen LogP contribution in [0.3, 0.4) is 0 Å². The summed E-state index contributed by atoms with van der Waals surface area (Å²) in [5.74, 6) is -0.778. The molecule has 0 atom stereocenters. The van der Waals surface area contributed by atoms with E-state index in [1.165, 1.54) is 0 Å². The number of hydrogen-bond acceptors (Lipinski definition) is 1. The molecule has 0 saturated carbocycles. The van der Waals surface area contributed by atoms with E-state index < -0.39 is 5.97 Å². The predicted octanol–water partition coefficient (Wildman–Crippen LogP) is 2.23. The summed E-state index contributed by atoms with van der Waals surface area (Å²) in [6.45, 7) is 1.93. The molecule has 0 aliphatic rings. The molecule has 64 valence electrons. The van der Waals surface area contributed by atoms with Crippen LogP contribution in [0.15, 0.2) is 18.2 Å². The zero-order chi connectivity index (χ0) is 9.14. The number of hydrogen-bond donors (Lipinski definition) is 1. The molecule has 1 rings (SSSR count). The van der Waals surface area contributed by atoms with E-state index in [9.17, 15) is 4.79 Å². The van der Waals surface area contributed by atoms with Crippen molar-refractivity contribution in [2.24, 2.45) is 0 Å². The third-order valence-electron chi connectivity index (χ3n) is 1.65. The van der Waals surface area contributed by atoms with Crippen molar-refractivity contribution >= 4 is 28.6 Å². The van der Waals surface area contributed by atoms with Crippen LogP contribution in [-0.2, 0) is 11.2 Å². The number of carboxylic acid groups (broad SMARTS) is 1. The Kier molecular flexibility index (Phi) is 3.08. The summed E-state index contributed by atoms with van der Waals surface area (Å²) in [5.41, 5.74) is 1.94. The molecule has 12 heavy (non-hydrogen) atoms. The molecule has 1 N–H and O–H groups in total. The van der Waals surface area contributed by atoms with Gasteiger partial charge in [-0.15, -0.1) is 0 Å². The minimum Gasteiger partial charge on any atom is -0.481 e. The number of halogens is 1. The lowest BCUT2D eigenvalue weighted by Crippen LogP contribution is -2.01. The van der Waals surface area contributed by atoms with Gasteiger partial charge >= 0.3 is 5.97 Å². The first kappa shape index (κ1) is 9.51. The molecule has 2 nitrogen and oxygen atoms in total. The SMILES string of the molecule is Cc1cc(I)ccc1CC(=O)O. The van der Waals surface area contributed by atoms with Gasteiger partial charge in [0.2, 0.25) is 0 Å². The smallest absolute Gasteiger partial charge is 0.307 e. The maximum absolute atomic E-state index is 10.4. The first-order valence-corrected chi connectivity index (χ1v) is 4.64. The van der Waals surface area contributed by atoms with Crippen molar-refractivity contribution in [3.05, 3.63) is 32.9 Å². The highest BCUT2D eigenvalue weighted by atomic mass is 127. The summed E-state index contributed by atoms with van der Waals surface area (Å²) >= 11 is 2.21. The Bertz CT molecular complexity index is 307. The Balaban J connectivity index is 2.93. The molecule has 0 heterocycles. The second-order valence-electron chi connectivity index (χ2n) is 2.64. The van der Waals surface area contributed by atoms with Crippen LogP contribution in [0.25, 0.3) is 0 Å². The number of carboxylic acids is 1. The molecule has 3 heteroatoms. The maximum Gasteiger partial charge on any atom is 0.307 e. The average Bonchev–Trinajstić information content (AvgIpc) is 1.94. The van der Waals surface area contributed by atoms with Gasteiger partial charge in [0.25, 0.3) is 0 Å². The molecule has 0 unspecified atom stereocenters. The van der Waals surface area contributed by atoms with Gasteiger partial charge < -0.3 is 5.11 Å². The Hall–Kier alpha value is -0.580. The highest BCUT2D eigenvalue weighted by molar-refractivity contribution is 14.1. The van der Waals surface area contributed by atoms with Crippen molar-refractivity contribution < 1.29 is 9.90 Å². The number of rotatable bonds is 2. The second kappa shape index (κ2) is 3.89. The van der Waals surface area contributed by atoms with Crippen molar-refractivity contribution in [3.63, 3.8) is 0 Å². The van der Waals surface area contributed by atoms with E-state index in [1.807, 2.05) is 25.1 Å². The van der Waals surface area contributed by atoms with Crippen LogP contribution < -0.4 is 0 Å². The summed E-state index contributed by atoms with van der Waals surface area (Å²) in [6.07, 6.45) is 0.114. The van der Waals surface area contributed by atoms with E-state index in [2.05, 4.69) is 22.6 Å². The molecule has 1 aromatic carbocycles. The van der Waals surface area contributed by atoms with Crippen molar-refractivity contribution in [2.75, 3.05) is 0 Å². The highest BCUT2D eigenvalue weighted by Gasteiger charge is 2.03. The lowest BCUT2D eigenvalue weighted by Gasteiger charge is -2.02. The lowest BCUT2D eigenvalue weighted by atomic mass is 10.1. The number of aryl methyl sites for hydroxylation is 1. The van der Waals surface area contributed by atoms with Gasteiger partial charge in [-0.3, -0.25) is 4.79 Å². The largest absolute Gasteiger partial charge is 0.481 e. The minimum absolute atomic E-state index is 0.114. The fourth-order valence-corrected chi connectivity index (χ4v) is 1.67. The molecule has 0 saturated heterocycles. The van der Waals surface area contributed by atoms with Gasteiger partial charge in [0.15, 0.2) is 0 Å². The molecule has 0 spiro atoms. The normalized spacial score (nSPS) is 9.83. The molecular weight excluding hydrogens is 267 g/mol. The number of aliphatic carboxylic acids is 1. The van der Waals surface area contributed by atoms with Crippen LogP contribution in [0, 0.1) is 10.5 Å². The standard InChI is InChI=1S/C9H9IO2/c1-6-4-8(10)3-2-7(6)5-9(11)12/h2-4H,5H2,1H3,(H,11,12). The summed E-state index contributed by atoms with van der Waals surface area (Å²) < 4.78 is 1.14. The monoisotopic (exact) mass is 276 g/mol. The van der Waals surface area contributed by atoms with Crippen molar-refractivity contribution in [1.82, 2.24) is 0 Å². The topological polar surface area (TPSA) is 37.3 Å². The quantitative estimate of drug-likeness (QED) is 0.841. The van der Waals surface area contributed by atoms with Crippen molar-refractivity contribution in [1.29, 1.82) is 0 Å². The average molecular weight is 276 g/mol. The molecule has 0 aliphatic carbocycles. The fraction of sp³-hybridized carbons (Fsp3) is 0.222. The molecule has 1 aromatic rings. The van der Waals surface area contributed by atoms with Crippen molar-refractivity contribution in [2.45, 2.75) is 13.3 Å². The predicted molar refractivity (Wildman–Crippen MR) is 55.2 cm³/mol. The van der Waals surface area contributed by atoms with Crippen molar-refractivity contribution in [3.8, 4) is 0 Å².